The minimum Gasteiger partial charge on any atom is -0.550 e. The van der Waals surface area contributed by atoms with E-state index in [1.807, 2.05) is 0 Å². The number of aromatic hydroxyl groups is 3. The molecule has 23 N–H and O–H groups in total. The Bertz CT molecular complexity index is 4820. The summed E-state index contributed by atoms with van der Waals surface area (Å²) in [6.45, 7) is -4.86. The summed E-state index contributed by atoms with van der Waals surface area (Å²) in [4.78, 5) is 62.6. The predicted octanol–water partition coefficient (Wildman–Crippen LogP) is -7.95. The summed E-state index contributed by atoms with van der Waals surface area (Å²) < 4.78 is 95.7. The van der Waals surface area contributed by atoms with E-state index in [9.17, 15) is 147 Å². The molecule has 0 amide bonds. The molecule has 30 atom stereocenters. The van der Waals surface area contributed by atoms with Gasteiger partial charge in [0.15, 0.2) is 11.5 Å². The number of carboxylic acid groups (broad SMARTS) is 1. The number of aliphatic hydroxyl groups is 20. The summed E-state index contributed by atoms with van der Waals surface area (Å²) in [5.41, 5.74) is 0.180. The number of carbonyl (C=O) groups is 5. The zero-order valence-electron chi connectivity index (χ0n) is 65.7. The zero-order valence-corrected chi connectivity index (χ0v) is 65.7. The maximum Gasteiger partial charge on any atom is 0.402 e. The lowest BCUT2D eigenvalue weighted by atomic mass is 9.99. The second-order valence-corrected chi connectivity index (χ2v) is 29.6. The van der Waals surface area contributed by atoms with E-state index in [0.29, 0.717) is 16.7 Å². The highest BCUT2D eigenvalue weighted by molar-refractivity contribution is 5.91. The molecule has 0 aliphatic carbocycles. The van der Waals surface area contributed by atoms with Crippen LogP contribution in [0.2, 0.25) is 0 Å². The summed E-state index contributed by atoms with van der Waals surface area (Å²) in [6, 6.07) is 21.4. The van der Waals surface area contributed by atoms with Crippen LogP contribution in [-0.2, 0) is 71.3 Å². The van der Waals surface area contributed by atoms with E-state index in [-0.39, 0.29) is 22.6 Å². The van der Waals surface area contributed by atoms with Gasteiger partial charge in [0.2, 0.25) is 49.2 Å². The quantitative estimate of drug-likeness (QED) is 0.00632. The fourth-order valence-corrected chi connectivity index (χ4v) is 13.5. The third-order valence-corrected chi connectivity index (χ3v) is 20.7. The maximum atomic E-state index is 13.3. The van der Waals surface area contributed by atoms with Crippen molar-refractivity contribution in [2.45, 2.75) is 191 Å². The maximum absolute atomic E-state index is 13.3. The van der Waals surface area contributed by atoms with Gasteiger partial charge in [0.25, 0.3) is 0 Å². The standard InChI is InChI=1S/C81H90O46/c82-25-45-57(93)63(99)69(105)76(122-45)115-36-10-1-31(2-11-36)7-16-52(88)111-27-47-59(95)65(101)71(107)78(124-47)117-38-14-5-33(6-15-38)9-18-54(90)113-29-49-61(97)67(103)73(109)80(126-49)120-43-20-34(75-44(23-39-40(85)21-35(84)22-41(39)118-75)121-81-74(110)68(104)62(98)50(127-81)30-114-55(91)24-51(86)87)19-42(56(43)92)119-79-72(108)66(102)60(96)48(125-79)28-112-53(89)17-8-32-3-12-37(13-4-32)116-77-70(106)64(100)58(94)46(26-83)123-77/h1-23,45-50,57-74,76-83,93-110H,24-30H2,(H3-,84,85,86,87,92)/b16-7+,17-8+,18-9+/t45-,46+,47+,48+,49+,50+,57-,58+,59+,60+,61+,62+,63+,64-,65-,66-,67-,68-,69-,70+,71+,72+,73+,74+,76-,77+,78+,79+,80+,81+/m0/s1. The van der Waals surface area contributed by atoms with Gasteiger partial charge in [-0.05, 0) is 71.3 Å². The van der Waals surface area contributed by atoms with Crippen LogP contribution in [0.25, 0.3) is 40.5 Å². The number of benzene rings is 5. The Morgan fingerprint density at radius 3 is 0.953 bits per heavy atom. The first kappa shape index (κ1) is 95.3. The number of aliphatic hydroxyl groups excluding tert-OH is 20. The molecule has 0 radical (unpaired) electrons. The second kappa shape index (κ2) is 42.0. The van der Waals surface area contributed by atoms with Gasteiger partial charge in [0.05, 0.1) is 37.2 Å². The average Bonchev–Trinajstić information content (AvgIpc) is 0.757. The summed E-state index contributed by atoms with van der Waals surface area (Å²) in [5, 5.41) is 258. The number of phenols is 3. The summed E-state index contributed by atoms with van der Waals surface area (Å²) in [5.74, 6) is -11.8. The Labute approximate surface area is 714 Å². The number of aliphatic carboxylic acids is 1. The lowest BCUT2D eigenvalue weighted by molar-refractivity contribution is -0.305. The SMILES string of the molecule is O=C([O-])CC(=O)OC[C@H]1O[C@@H](Oc2cc3c(O)cc(O)cc3[o+]c2-c2cc(O[C@@H]3O[C@H](COC(=O)/C=C/c4ccc(O[C@@H]5O[C@H](CO)[C@@H](O)[C@H](O)[C@H]5O)cc4)[C@@H](O)[C@H](O)[C@H]3O)c(O)c(O[C@@H]3O[C@H](COC(=O)/C=C/c4ccc(O[C@@H]5O[C@H](COC(=O)/C=C/c6ccc(O[C@H]7O[C@@H](CO)[C@H](O)[C@@H](O)[C@@H]7O)cc6)[C@@H](O)[C@H](O)[C@H]5O)cc4)[C@@H](O)[C@H](O)[C@H]3O)c2)[C@H](O)[C@@H](O)[C@@H]1O. The van der Waals surface area contributed by atoms with Gasteiger partial charge in [0, 0.05) is 42.5 Å². The van der Waals surface area contributed by atoms with Gasteiger partial charge in [-0.3, -0.25) is 4.79 Å². The first-order valence-electron chi connectivity index (χ1n) is 38.8. The molecule has 0 unspecified atom stereocenters. The minimum atomic E-state index is -2.31. The number of hydrogen-bond donors (Lipinski definition) is 23. The number of fused-ring (bicyclic) bond motifs is 1. The number of rotatable bonds is 31. The van der Waals surface area contributed by atoms with E-state index >= 15 is 0 Å². The normalized spacial score (nSPS) is 33.4. The van der Waals surface area contributed by atoms with Crippen LogP contribution in [0.5, 0.6) is 51.7 Å². The van der Waals surface area contributed by atoms with Crippen LogP contribution in [0.4, 0.5) is 0 Å². The molecule has 6 aromatic rings. The third-order valence-electron chi connectivity index (χ3n) is 20.7. The van der Waals surface area contributed by atoms with Gasteiger partial charge < -0.3 is 203 Å². The van der Waals surface area contributed by atoms with Crippen molar-refractivity contribution in [3.8, 4) is 63.1 Å². The Balaban J connectivity index is 0.725. The van der Waals surface area contributed by atoms with Gasteiger partial charge >= 0.3 is 35.2 Å². The van der Waals surface area contributed by atoms with E-state index in [0.717, 1.165) is 48.6 Å². The van der Waals surface area contributed by atoms with Crippen LogP contribution in [0, 0.1) is 0 Å². The lowest BCUT2D eigenvalue weighted by Gasteiger charge is -2.40. The molecular formula is C81H90O46. The van der Waals surface area contributed by atoms with Crippen molar-refractivity contribution in [3.05, 3.63) is 138 Å². The molecular weight excluding hydrogens is 1710 g/mol. The van der Waals surface area contributed by atoms with E-state index in [4.69, 9.17) is 80.2 Å². The van der Waals surface area contributed by atoms with Crippen LogP contribution < -0.4 is 33.5 Å². The van der Waals surface area contributed by atoms with Crippen LogP contribution in [-0.4, -0.2) is 371 Å². The number of ether oxygens (including phenoxy) is 16. The molecule has 127 heavy (non-hydrogen) atoms. The van der Waals surface area contributed by atoms with Crippen molar-refractivity contribution in [2.75, 3.05) is 39.6 Å². The van der Waals surface area contributed by atoms with E-state index in [1.54, 1.807) is 0 Å². The van der Waals surface area contributed by atoms with E-state index in [2.05, 4.69) is 0 Å². The lowest BCUT2D eigenvalue weighted by Crippen LogP contribution is -2.60. The third kappa shape index (κ3) is 22.9. The fraction of sp³-hybridized carbons (Fsp3) is 0.457. The highest BCUT2D eigenvalue weighted by Crippen LogP contribution is 2.48. The smallest absolute Gasteiger partial charge is 0.402 e. The molecule has 0 saturated carbocycles. The molecule has 6 saturated heterocycles. The predicted molar refractivity (Wildman–Crippen MR) is 409 cm³/mol. The molecule has 0 bridgehead atoms. The van der Waals surface area contributed by atoms with E-state index < -0.39 is 312 Å². The topological polar surface area (TPSA) is 733 Å². The van der Waals surface area contributed by atoms with E-state index in [1.165, 1.54) is 91.0 Å². The molecule has 46 heteroatoms. The van der Waals surface area contributed by atoms with Crippen molar-refractivity contribution >= 4 is 59.0 Å². The highest BCUT2D eigenvalue weighted by atomic mass is 16.8. The van der Waals surface area contributed by atoms with Gasteiger partial charge in [-0.1, -0.05) is 36.4 Å². The Kier molecular flexibility index (Phi) is 31.5. The van der Waals surface area contributed by atoms with Crippen molar-refractivity contribution in [1.29, 1.82) is 0 Å². The van der Waals surface area contributed by atoms with Crippen molar-refractivity contribution < 1.29 is 227 Å². The monoisotopic (exact) mass is 1800 g/mol. The van der Waals surface area contributed by atoms with Gasteiger partial charge in [-0.25, -0.2) is 18.8 Å². The number of hydrogen-bond acceptors (Lipinski definition) is 45. The van der Waals surface area contributed by atoms with Crippen LogP contribution in [0.15, 0.2) is 126 Å². The fourth-order valence-electron chi connectivity index (χ4n) is 13.5. The molecule has 0 spiro atoms. The van der Waals surface area contributed by atoms with Gasteiger partial charge in [-0.2, -0.15) is 0 Å². The second-order valence-electron chi connectivity index (χ2n) is 29.6. The molecule has 690 valence electrons. The highest BCUT2D eigenvalue weighted by Gasteiger charge is 2.52. The average molecular weight is 1800 g/mol. The van der Waals surface area contributed by atoms with Crippen LogP contribution in [0.3, 0.4) is 0 Å². The molecule has 12 rings (SSSR count). The number of esters is 4. The van der Waals surface area contributed by atoms with Crippen LogP contribution >= 0.6 is 0 Å². The summed E-state index contributed by atoms with van der Waals surface area (Å²) >= 11 is 0. The van der Waals surface area contributed by atoms with Gasteiger partial charge in [-0.15, -0.1) is 0 Å². The molecule has 6 aliphatic heterocycles. The molecule has 6 aliphatic rings. The number of carbonyl (C=O) groups excluding carboxylic acids is 5. The Morgan fingerprint density at radius 2 is 0.638 bits per heavy atom. The van der Waals surface area contributed by atoms with Gasteiger partial charge in [0.1, 0.15) is 207 Å². The first-order chi connectivity index (χ1) is 60.4. The molecule has 6 fully saturated rings. The number of carboxylic acids is 1. The molecule has 7 heterocycles. The first-order valence-corrected chi connectivity index (χ1v) is 38.8. The zero-order chi connectivity index (χ0) is 91.7. The summed E-state index contributed by atoms with van der Waals surface area (Å²) in [6.07, 6.45) is -50.6. The Hall–Kier alpha value is -10.8. The number of phenolic OH excluding ortho intramolecular Hbond substituents is 3. The van der Waals surface area contributed by atoms with Crippen molar-refractivity contribution in [2.24, 2.45) is 0 Å². The van der Waals surface area contributed by atoms with Crippen LogP contribution in [0.1, 0.15) is 23.1 Å². The summed E-state index contributed by atoms with van der Waals surface area (Å²) in [7, 11) is 0. The molecule has 1 aromatic heterocycles. The van der Waals surface area contributed by atoms with Crippen molar-refractivity contribution in [1.82, 2.24) is 0 Å². The van der Waals surface area contributed by atoms with Crippen molar-refractivity contribution in [3.63, 3.8) is 0 Å². The minimum absolute atomic E-state index is 0.00160. The molecule has 46 nitrogen and oxygen atoms in total. The molecule has 5 aromatic carbocycles. The Morgan fingerprint density at radius 1 is 0.346 bits per heavy atom. The largest absolute Gasteiger partial charge is 0.550 e.